The van der Waals surface area contributed by atoms with Crippen molar-refractivity contribution in [1.29, 1.82) is 0 Å². The molecular formula is C42H24N4S. The van der Waals surface area contributed by atoms with Gasteiger partial charge in [-0.05, 0) is 42.0 Å². The molecule has 0 aliphatic heterocycles. The van der Waals surface area contributed by atoms with Gasteiger partial charge in [-0.2, -0.15) is 0 Å². The van der Waals surface area contributed by atoms with Crippen molar-refractivity contribution in [2.24, 2.45) is 0 Å². The third-order valence-electron chi connectivity index (χ3n) is 9.20. The molecule has 5 heteroatoms. The van der Waals surface area contributed by atoms with Gasteiger partial charge >= 0.3 is 0 Å². The van der Waals surface area contributed by atoms with E-state index in [2.05, 4.69) is 125 Å². The Morgan fingerprint density at radius 1 is 0.489 bits per heavy atom. The van der Waals surface area contributed by atoms with E-state index >= 15 is 0 Å². The van der Waals surface area contributed by atoms with E-state index in [0.29, 0.717) is 0 Å². The molecule has 47 heavy (non-hydrogen) atoms. The molecule has 0 bridgehead atoms. The highest BCUT2D eigenvalue weighted by Crippen LogP contribution is 2.43. The highest BCUT2D eigenvalue weighted by Gasteiger charge is 2.16. The van der Waals surface area contributed by atoms with Crippen LogP contribution in [0.1, 0.15) is 0 Å². The fourth-order valence-corrected chi connectivity index (χ4v) is 8.23. The maximum Gasteiger partial charge on any atom is 0.0971 e. The van der Waals surface area contributed by atoms with E-state index < -0.39 is 0 Å². The first-order valence-electron chi connectivity index (χ1n) is 15.6. The highest BCUT2D eigenvalue weighted by molar-refractivity contribution is 7.26. The monoisotopic (exact) mass is 616 g/mol. The van der Waals surface area contributed by atoms with Crippen molar-refractivity contribution >= 4 is 75.0 Å². The minimum atomic E-state index is 0.893. The molecule has 4 nitrogen and oxygen atoms in total. The maximum atomic E-state index is 5.21. The summed E-state index contributed by atoms with van der Waals surface area (Å²) in [5.41, 5.74) is 9.05. The van der Waals surface area contributed by atoms with E-state index in [4.69, 9.17) is 9.97 Å². The van der Waals surface area contributed by atoms with E-state index in [1.165, 1.54) is 36.3 Å². The van der Waals surface area contributed by atoms with Crippen LogP contribution in [0, 0.1) is 0 Å². The first kappa shape index (κ1) is 26.2. The minimum absolute atomic E-state index is 0.893. The average molecular weight is 617 g/mol. The summed E-state index contributed by atoms with van der Waals surface area (Å²) in [6.45, 7) is 0. The minimum Gasteiger partial charge on any atom is -0.256 e. The molecule has 5 aromatic heterocycles. The van der Waals surface area contributed by atoms with Crippen LogP contribution >= 0.6 is 11.3 Å². The molecule has 0 saturated heterocycles. The zero-order valence-corrected chi connectivity index (χ0v) is 25.9. The molecule has 5 heterocycles. The van der Waals surface area contributed by atoms with Crippen molar-refractivity contribution in [2.75, 3.05) is 0 Å². The second kappa shape index (κ2) is 10.2. The van der Waals surface area contributed by atoms with E-state index in [9.17, 15) is 0 Å². The van der Waals surface area contributed by atoms with Gasteiger partial charge in [0.1, 0.15) is 0 Å². The average Bonchev–Trinajstić information content (AvgIpc) is 3.53. The van der Waals surface area contributed by atoms with Gasteiger partial charge in [0.05, 0.1) is 27.9 Å². The summed E-state index contributed by atoms with van der Waals surface area (Å²) in [6, 6.07) is 44.9. The van der Waals surface area contributed by atoms with Gasteiger partial charge in [-0.1, -0.05) is 91.0 Å². The smallest absolute Gasteiger partial charge is 0.0971 e. The van der Waals surface area contributed by atoms with Crippen molar-refractivity contribution in [3.63, 3.8) is 0 Å². The Bertz CT molecular complexity index is 2840. The molecule has 0 spiro atoms. The number of hydrogen-bond acceptors (Lipinski definition) is 5. The van der Waals surface area contributed by atoms with Gasteiger partial charge in [0.15, 0.2) is 0 Å². The maximum absolute atomic E-state index is 5.21. The predicted octanol–water partition coefficient (Wildman–Crippen LogP) is 11.2. The van der Waals surface area contributed by atoms with Crippen LogP contribution in [0.4, 0.5) is 0 Å². The number of rotatable bonds is 3. The number of benzene rings is 5. The lowest BCUT2D eigenvalue weighted by Crippen LogP contribution is -1.91. The summed E-state index contributed by atoms with van der Waals surface area (Å²) in [4.78, 5) is 19.4. The molecule has 0 amide bonds. The molecule has 0 saturated carbocycles. The second-order valence-corrected chi connectivity index (χ2v) is 12.9. The van der Waals surface area contributed by atoms with Crippen LogP contribution in [0.15, 0.2) is 146 Å². The number of thiophene rings is 1. The fraction of sp³-hybridized carbons (Fsp3) is 0. The van der Waals surface area contributed by atoms with Crippen LogP contribution < -0.4 is 0 Å². The number of hydrogen-bond donors (Lipinski definition) is 0. The van der Waals surface area contributed by atoms with Gasteiger partial charge in [-0.15, -0.1) is 11.3 Å². The largest absolute Gasteiger partial charge is 0.256 e. The lowest BCUT2D eigenvalue weighted by Gasteiger charge is -2.12. The Morgan fingerprint density at radius 3 is 2.09 bits per heavy atom. The van der Waals surface area contributed by atoms with Gasteiger partial charge in [0.2, 0.25) is 0 Å². The summed E-state index contributed by atoms with van der Waals surface area (Å²) in [5.74, 6) is 0. The molecule has 10 rings (SSSR count). The number of aromatic nitrogens is 4. The predicted molar refractivity (Wildman–Crippen MR) is 197 cm³/mol. The summed E-state index contributed by atoms with van der Waals surface area (Å²) in [6.07, 6.45) is 5.60. The normalized spacial score (nSPS) is 11.8. The molecule has 0 unspecified atom stereocenters. The summed E-state index contributed by atoms with van der Waals surface area (Å²) in [5, 5.41) is 8.36. The van der Waals surface area contributed by atoms with E-state index in [-0.39, 0.29) is 0 Å². The van der Waals surface area contributed by atoms with Gasteiger partial charge < -0.3 is 0 Å². The van der Waals surface area contributed by atoms with E-state index in [1.807, 2.05) is 42.1 Å². The van der Waals surface area contributed by atoms with Crippen LogP contribution in [-0.4, -0.2) is 19.9 Å². The molecular weight excluding hydrogens is 593 g/mol. The third kappa shape index (κ3) is 4.07. The molecule has 0 radical (unpaired) electrons. The summed E-state index contributed by atoms with van der Waals surface area (Å²) >= 11 is 1.87. The second-order valence-electron chi connectivity index (χ2n) is 11.8. The lowest BCUT2D eigenvalue weighted by atomic mass is 9.96. The zero-order chi connectivity index (χ0) is 30.9. The Labute approximate surface area is 273 Å². The van der Waals surface area contributed by atoms with E-state index in [0.717, 1.165) is 61.0 Å². The molecule has 10 aromatic rings. The van der Waals surface area contributed by atoms with E-state index in [1.54, 1.807) is 0 Å². The molecule has 0 aliphatic rings. The van der Waals surface area contributed by atoms with Crippen LogP contribution in [0.25, 0.3) is 97.3 Å². The third-order valence-corrected chi connectivity index (χ3v) is 10.4. The van der Waals surface area contributed by atoms with Crippen LogP contribution in [0.5, 0.6) is 0 Å². The molecule has 218 valence electrons. The number of para-hydroxylation sites is 1. The molecule has 5 aromatic carbocycles. The van der Waals surface area contributed by atoms with Crippen molar-refractivity contribution < 1.29 is 0 Å². The fourth-order valence-electron chi connectivity index (χ4n) is 6.97. The zero-order valence-electron chi connectivity index (χ0n) is 25.1. The lowest BCUT2D eigenvalue weighted by molar-refractivity contribution is 1.32. The number of nitrogens with zero attached hydrogens (tertiary/aromatic N) is 4. The topological polar surface area (TPSA) is 51.6 Å². The van der Waals surface area contributed by atoms with Crippen LogP contribution in [-0.2, 0) is 0 Å². The first-order chi connectivity index (χ1) is 23.3. The van der Waals surface area contributed by atoms with Crippen LogP contribution in [0.2, 0.25) is 0 Å². The van der Waals surface area contributed by atoms with Gasteiger partial charge in [-0.25, -0.2) is 4.98 Å². The quantitative estimate of drug-likeness (QED) is 0.185. The Morgan fingerprint density at radius 2 is 1.21 bits per heavy atom. The van der Waals surface area contributed by atoms with Gasteiger partial charge in [-0.3, -0.25) is 15.0 Å². The van der Waals surface area contributed by atoms with Crippen LogP contribution in [0.3, 0.4) is 0 Å². The summed E-state index contributed by atoms with van der Waals surface area (Å²) < 4.78 is 2.63. The molecule has 0 fully saturated rings. The molecule has 0 aliphatic carbocycles. The SMILES string of the molecule is c1cnc2c(c1)cc(-c1ccc(-c3ccc(-c4nc5ccccc5c5c4ccc4c6ccccc6sc45)cc3)cn1)c1cccnc12. The van der Waals surface area contributed by atoms with Crippen molar-refractivity contribution in [3.05, 3.63) is 146 Å². The van der Waals surface area contributed by atoms with Crippen molar-refractivity contribution in [2.45, 2.75) is 0 Å². The number of pyridine rings is 4. The molecule has 0 atom stereocenters. The standard InChI is InChI=1S/C42H24N4S/c1-3-11-36-32(9-1)38-33(19-18-31-29-8-2-4-12-37(29)47-42(31)38)39(46-36)26-15-13-25(14-16-26)28-17-20-35(45-24-28)34-23-27-7-5-21-43-40(27)41-30(34)10-6-22-44-41/h1-24H. The Balaban J connectivity index is 1.07. The van der Waals surface area contributed by atoms with Crippen molar-refractivity contribution in [1.82, 2.24) is 19.9 Å². The van der Waals surface area contributed by atoms with Gasteiger partial charge in [0.25, 0.3) is 0 Å². The Kier molecular flexibility index (Phi) is 5.71. The first-order valence-corrected chi connectivity index (χ1v) is 16.4. The summed E-state index contributed by atoms with van der Waals surface area (Å²) in [7, 11) is 0. The highest BCUT2D eigenvalue weighted by atomic mass is 32.1. The van der Waals surface area contributed by atoms with Crippen molar-refractivity contribution in [3.8, 4) is 33.6 Å². The molecule has 0 N–H and O–H groups in total. The number of fused-ring (bicyclic) bond motifs is 10. The van der Waals surface area contributed by atoms with Gasteiger partial charge in [0, 0.05) is 82.4 Å². The Hall–Kier alpha value is -6.04.